The molecule has 8 heteroatoms. The van der Waals surface area contributed by atoms with Crippen molar-refractivity contribution in [2.45, 2.75) is 32.6 Å². The van der Waals surface area contributed by atoms with E-state index < -0.39 is 0 Å². The third kappa shape index (κ3) is 9.21. The number of para-hydroxylation sites is 1. The largest absolute Gasteiger partial charge is 0.496 e. The van der Waals surface area contributed by atoms with Crippen LogP contribution in [0.1, 0.15) is 38.2 Å². The topological polar surface area (TPSA) is 65.1 Å². The number of piperazine rings is 1. The molecule has 1 N–H and O–H groups in total. The van der Waals surface area contributed by atoms with Crippen LogP contribution in [0.15, 0.2) is 54.6 Å². The van der Waals surface area contributed by atoms with E-state index in [0.29, 0.717) is 38.3 Å². The third-order valence-electron chi connectivity index (χ3n) is 6.53. The molecule has 0 atom stereocenters. The highest BCUT2D eigenvalue weighted by atomic mass is 19.1. The SMILES string of the molecule is CCCCCC(=O)N(C/C=C/c1ccccc1OC)CCN1CCN(C(=O)Nc2cccc(F)c2)CC1. The Morgan fingerprint density at radius 2 is 1.86 bits per heavy atom. The van der Waals surface area contributed by atoms with Crippen LogP contribution in [0.25, 0.3) is 6.08 Å². The summed E-state index contributed by atoms with van der Waals surface area (Å²) in [4.78, 5) is 31.4. The van der Waals surface area contributed by atoms with Gasteiger partial charge in [-0.15, -0.1) is 0 Å². The van der Waals surface area contributed by atoms with E-state index >= 15 is 0 Å². The van der Waals surface area contributed by atoms with Crippen molar-refractivity contribution in [3.63, 3.8) is 0 Å². The summed E-state index contributed by atoms with van der Waals surface area (Å²) in [7, 11) is 1.65. The minimum atomic E-state index is -0.380. The van der Waals surface area contributed by atoms with Crippen molar-refractivity contribution in [3.05, 3.63) is 66.0 Å². The molecule has 7 nitrogen and oxygen atoms in total. The zero-order chi connectivity index (χ0) is 26.5. The molecule has 0 spiro atoms. The quantitative estimate of drug-likeness (QED) is 0.403. The molecule has 0 saturated carbocycles. The summed E-state index contributed by atoms with van der Waals surface area (Å²) in [5, 5.41) is 2.76. The number of hydrogen-bond acceptors (Lipinski definition) is 4. The lowest BCUT2D eigenvalue weighted by molar-refractivity contribution is -0.131. The minimum absolute atomic E-state index is 0.172. The molecule has 37 heavy (non-hydrogen) atoms. The van der Waals surface area contributed by atoms with Gasteiger partial charge in [0.25, 0.3) is 0 Å². The summed E-state index contributed by atoms with van der Waals surface area (Å²) in [5.74, 6) is 0.597. The van der Waals surface area contributed by atoms with E-state index in [-0.39, 0.29) is 17.8 Å². The fourth-order valence-corrected chi connectivity index (χ4v) is 4.32. The molecule has 0 bridgehead atoms. The molecule has 0 aliphatic carbocycles. The Morgan fingerprint density at radius 3 is 2.59 bits per heavy atom. The predicted molar refractivity (Wildman–Crippen MR) is 146 cm³/mol. The van der Waals surface area contributed by atoms with E-state index in [0.717, 1.165) is 50.2 Å². The van der Waals surface area contributed by atoms with E-state index in [9.17, 15) is 14.0 Å². The lowest BCUT2D eigenvalue weighted by atomic mass is 10.1. The Balaban J connectivity index is 1.50. The van der Waals surface area contributed by atoms with Gasteiger partial charge < -0.3 is 19.9 Å². The molecule has 0 aromatic heterocycles. The maximum atomic E-state index is 13.4. The van der Waals surface area contributed by atoms with Gasteiger partial charge in [-0.2, -0.15) is 0 Å². The number of unbranched alkanes of at least 4 members (excludes halogenated alkanes) is 2. The number of amides is 3. The zero-order valence-corrected chi connectivity index (χ0v) is 22.0. The fourth-order valence-electron chi connectivity index (χ4n) is 4.32. The molecule has 1 heterocycles. The highest BCUT2D eigenvalue weighted by molar-refractivity contribution is 5.89. The van der Waals surface area contributed by atoms with Crippen LogP contribution < -0.4 is 10.1 Å². The van der Waals surface area contributed by atoms with E-state index in [1.165, 1.54) is 12.1 Å². The highest BCUT2D eigenvalue weighted by Gasteiger charge is 2.22. The van der Waals surface area contributed by atoms with E-state index in [1.807, 2.05) is 41.3 Å². The number of carbonyl (C=O) groups excluding carboxylic acids is 2. The van der Waals surface area contributed by atoms with Gasteiger partial charge in [-0.25, -0.2) is 9.18 Å². The molecule has 1 saturated heterocycles. The van der Waals surface area contributed by atoms with Gasteiger partial charge >= 0.3 is 6.03 Å². The van der Waals surface area contributed by atoms with Gasteiger partial charge in [0.1, 0.15) is 11.6 Å². The minimum Gasteiger partial charge on any atom is -0.496 e. The number of benzene rings is 2. The Hall–Kier alpha value is -3.39. The number of urea groups is 1. The molecule has 1 aliphatic heterocycles. The van der Waals surface area contributed by atoms with Crippen LogP contribution in [0.5, 0.6) is 5.75 Å². The van der Waals surface area contributed by atoms with Crippen LogP contribution in [0.4, 0.5) is 14.9 Å². The Labute approximate surface area is 219 Å². The number of nitrogens with one attached hydrogen (secondary N) is 1. The number of methoxy groups -OCH3 is 1. The Bertz CT molecular complexity index is 1040. The number of hydrogen-bond donors (Lipinski definition) is 1. The van der Waals surface area contributed by atoms with Crippen molar-refractivity contribution >= 4 is 23.7 Å². The van der Waals surface area contributed by atoms with Crippen LogP contribution in [0, 0.1) is 5.82 Å². The van der Waals surface area contributed by atoms with Crippen molar-refractivity contribution in [2.24, 2.45) is 0 Å². The van der Waals surface area contributed by atoms with Crippen molar-refractivity contribution < 1.29 is 18.7 Å². The maximum absolute atomic E-state index is 13.4. The van der Waals surface area contributed by atoms with Gasteiger partial charge in [0, 0.05) is 63.5 Å². The van der Waals surface area contributed by atoms with E-state index in [4.69, 9.17) is 4.74 Å². The molecule has 2 aromatic carbocycles. The number of halogens is 1. The predicted octanol–water partition coefficient (Wildman–Crippen LogP) is 5.11. The normalized spacial score (nSPS) is 14.1. The molecule has 0 radical (unpaired) electrons. The molecule has 200 valence electrons. The number of nitrogens with zero attached hydrogens (tertiary/aromatic N) is 3. The summed E-state index contributed by atoms with van der Waals surface area (Å²) in [6.07, 6.45) is 7.62. The summed E-state index contributed by atoms with van der Waals surface area (Å²) < 4.78 is 18.8. The molecule has 3 rings (SSSR count). The first-order chi connectivity index (χ1) is 18.0. The second-order valence-electron chi connectivity index (χ2n) is 9.21. The van der Waals surface area contributed by atoms with Gasteiger partial charge in [-0.1, -0.05) is 56.2 Å². The number of rotatable bonds is 12. The van der Waals surface area contributed by atoms with Gasteiger partial charge in [0.2, 0.25) is 5.91 Å². The molecular weight excluding hydrogens is 471 g/mol. The van der Waals surface area contributed by atoms with Crippen LogP contribution in [0.3, 0.4) is 0 Å². The number of carbonyl (C=O) groups is 2. The van der Waals surface area contributed by atoms with Gasteiger partial charge in [0.15, 0.2) is 0 Å². The van der Waals surface area contributed by atoms with Crippen molar-refractivity contribution in [3.8, 4) is 5.75 Å². The second-order valence-corrected chi connectivity index (χ2v) is 9.21. The molecule has 3 amide bonds. The monoisotopic (exact) mass is 510 g/mol. The zero-order valence-electron chi connectivity index (χ0n) is 22.0. The number of ether oxygens (including phenoxy) is 1. The Morgan fingerprint density at radius 1 is 1.08 bits per heavy atom. The lowest BCUT2D eigenvalue weighted by Gasteiger charge is -2.35. The molecule has 2 aromatic rings. The first kappa shape index (κ1) is 28.2. The smallest absolute Gasteiger partial charge is 0.321 e. The van der Waals surface area contributed by atoms with Crippen LogP contribution in [-0.4, -0.2) is 79.6 Å². The number of anilines is 1. The van der Waals surface area contributed by atoms with Crippen LogP contribution in [0.2, 0.25) is 0 Å². The Kier molecular flexibility index (Phi) is 11.4. The first-order valence-corrected chi connectivity index (χ1v) is 13.1. The molecular formula is C29H39FN4O3. The summed E-state index contributed by atoms with van der Waals surface area (Å²) >= 11 is 0. The average Bonchev–Trinajstić information content (AvgIpc) is 2.91. The molecule has 0 unspecified atom stereocenters. The van der Waals surface area contributed by atoms with Crippen molar-refractivity contribution in [2.75, 3.05) is 58.2 Å². The van der Waals surface area contributed by atoms with Crippen molar-refractivity contribution in [1.82, 2.24) is 14.7 Å². The standard InChI is InChI=1S/C29H39FN4O3/c1-3-4-5-15-28(35)33(16-9-11-24-10-6-7-14-27(24)37-2)20-17-32-18-21-34(22-19-32)29(36)31-26-13-8-12-25(30)23-26/h6-14,23H,3-5,15-22H2,1-2H3,(H,31,36)/b11-9+. The fraction of sp³-hybridized carbons (Fsp3) is 0.448. The van der Waals surface area contributed by atoms with Gasteiger partial charge in [0.05, 0.1) is 7.11 Å². The average molecular weight is 511 g/mol. The third-order valence-corrected chi connectivity index (χ3v) is 6.53. The summed E-state index contributed by atoms with van der Waals surface area (Å²) in [6.45, 7) is 6.68. The summed E-state index contributed by atoms with van der Waals surface area (Å²) in [5.41, 5.74) is 1.43. The van der Waals surface area contributed by atoms with Gasteiger partial charge in [-0.3, -0.25) is 9.69 Å². The van der Waals surface area contributed by atoms with E-state index in [2.05, 4.69) is 17.1 Å². The lowest BCUT2D eigenvalue weighted by Crippen LogP contribution is -2.51. The van der Waals surface area contributed by atoms with Gasteiger partial charge in [-0.05, 0) is 30.7 Å². The highest BCUT2D eigenvalue weighted by Crippen LogP contribution is 2.19. The first-order valence-electron chi connectivity index (χ1n) is 13.1. The van der Waals surface area contributed by atoms with Crippen molar-refractivity contribution in [1.29, 1.82) is 0 Å². The molecule has 1 fully saturated rings. The molecule has 1 aliphatic rings. The summed E-state index contributed by atoms with van der Waals surface area (Å²) in [6, 6.07) is 13.5. The van der Waals surface area contributed by atoms with Crippen LogP contribution >= 0.6 is 0 Å². The maximum Gasteiger partial charge on any atom is 0.321 e. The van der Waals surface area contributed by atoms with Crippen LogP contribution in [-0.2, 0) is 4.79 Å². The second kappa shape index (κ2) is 15.0. The van der Waals surface area contributed by atoms with E-state index in [1.54, 1.807) is 24.1 Å².